The molecule has 2 aromatic rings. The van der Waals surface area contributed by atoms with E-state index in [0.29, 0.717) is 51.3 Å². The van der Waals surface area contributed by atoms with E-state index in [1.54, 1.807) is 0 Å². The molecule has 0 N–H and O–H groups in total. The molecule has 240 valence electrons. The van der Waals surface area contributed by atoms with Gasteiger partial charge in [0.2, 0.25) is 0 Å². The zero-order chi connectivity index (χ0) is 32.7. The van der Waals surface area contributed by atoms with Crippen molar-refractivity contribution >= 4 is 35.8 Å². The lowest BCUT2D eigenvalue weighted by Gasteiger charge is -2.21. The van der Waals surface area contributed by atoms with E-state index in [-0.39, 0.29) is 53.8 Å². The minimum Gasteiger partial charge on any atom is -0.493 e. The highest BCUT2D eigenvalue weighted by molar-refractivity contribution is 6.01. The van der Waals surface area contributed by atoms with Crippen molar-refractivity contribution in [3.8, 4) is 23.0 Å². The number of hydrogen-bond acceptors (Lipinski definition) is 12. The number of hydrogen-bond donors (Lipinski definition) is 0. The number of aldehydes is 2. The molecule has 0 unspecified atom stereocenters. The van der Waals surface area contributed by atoms with Crippen molar-refractivity contribution in [1.29, 1.82) is 0 Å². The van der Waals surface area contributed by atoms with Gasteiger partial charge in [0.15, 0.2) is 23.0 Å². The van der Waals surface area contributed by atoms with Crippen LogP contribution in [0.1, 0.15) is 52.8 Å². The minimum absolute atomic E-state index is 0.000680. The van der Waals surface area contributed by atoms with Crippen LogP contribution in [0.2, 0.25) is 0 Å². The summed E-state index contributed by atoms with van der Waals surface area (Å²) in [5, 5.41) is 23.7. The highest BCUT2D eigenvalue weighted by Gasteiger charge is 2.35. The van der Waals surface area contributed by atoms with Gasteiger partial charge in [-0.2, -0.15) is 0 Å². The molecule has 16 heteroatoms. The van der Waals surface area contributed by atoms with Crippen LogP contribution in [0.25, 0.3) is 0 Å². The quantitative estimate of drug-likeness (QED) is 0.128. The average Bonchev–Trinajstić information content (AvgIpc) is 3.73. The Hall–Kier alpha value is -5.28. The summed E-state index contributed by atoms with van der Waals surface area (Å²) in [6.07, 6.45) is 3.66. The van der Waals surface area contributed by atoms with Gasteiger partial charge in [0, 0.05) is 31.6 Å². The van der Waals surface area contributed by atoms with Crippen molar-refractivity contribution in [3.05, 3.63) is 55.6 Å². The van der Waals surface area contributed by atoms with Crippen molar-refractivity contribution in [1.82, 2.24) is 9.80 Å². The average molecular weight is 629 g/mol. The summed E-state index contributed by atoms with van der Waals surface area (Å²) in [6.45, 7) is 0.546. The maximum absolute atomic E-state index is 13.1. The Labute approximate surface area is 257 Å². The second-order valence-corrected chi connectivity index (χ2v) is 10.3. The lowest BCUT2D eigenvalue weighted by molar-refractivity contribution is -0.385. The number of nitrogens with zero attached hydrogens (tertiary/aromatic N) is 4. The molecule has 0 saturated carbocycles. The number of methoxy groups -OCH3 is 2. The van der Waals surface area contributed by atoms with Gasteiger partial charge in [0.25, 0.3) is 23.2 Å². The van der Waals surface area contributed by atoms with Crippen LogP contribution in [-0.2, 0) is 9.59 Å². The van der Waals surface area contributed by atoms with E-state index < -0.39 is 45.1 Å². The standard InChI is InChI=1S/C29H32N4O12/c1-42-24-12-20(28(36)30-8-3-6-18(30)16-34)22(32(38)39)14-26(24)44-10-5-11-45-27-15-23(33(40)41)21(13-25(27)43-2)29(37)31-9-4-7-19(31)17-35/h12-19H,3-11H2,1-2H3/t18-,19-/m0/s1. The molecule has 2 saturated heterocycles. The number of nitro groups is 2. The molecule has 0 aromatic heterocycles. The first-order valence-electron chi connectivity index (χ1n) is 14.2. The van der Waals surface area contributed by atoms with Gasteiger partial charge in [-0.05, 0) is 25.7 Å². The van der Waals surface area contributed by atoms with Gasteiger partial charge in [0.1, 0.15) is 23.7 Å². The molecule has 0 aliphatic carbocycles. The van der Waals surface area contributed by atoms with Crippen LogP contribution >= 0.6 is 0 Å². The van der Waals surface area contributed by atoms with Crippen LogP contribution in [-0.4, -0.2) is 96.6 Å². The minimum atomic E-state index is -0.717. The second kappa shape index (κ2) is 14.5. The SMILES string of the molecule is COc1cc(C(=O)N2CCC[C@H]2C=O)c([N+](=O)[O-])cc1OCCCOc1cc([N+](=O)[O-])c(C(=O)N2CCC[C@H]2C=O)cc1OC. The molecule has 2 heterocycles. The lowest BCUT2D eigenvalue weighted by Crippen LogP contribution is -2.36. The summed E-state index contributed by atoms with van der Waals surface area (Å²) in [6, 6.07) is 3.26. The molecule has 16 nitrogen and oxygen atoms in total. The molecule has 2 atom stereocenters. The first kappa shape index (κ1) is 32.6. The molecule has 0 bridgehead atoms. The fraction of sp³-hybridized carbons (Fsp3) is 0.448. The summed E-state index contributed by atoms with van der Waals surface area (Å²) >= 11 is 0. The van der Waals surface area contributed by atoms with E-state index in [0.717, 1.165) is 12.1 Å². The number of rotatable bonds is 14. The highest BCUT2D eigenvalue weighted by Crippen LogP contribution is 2.38. The maximum atomic E-state index is 13.1. The molecule has 45 heavy (non-hydrogen) atoms. The zero-order valence-corrected chi connectivity index (χ0v) is 24.7. The summed E-state index contributed by atoms with van der Waals surface area (Å²) in [5.74, 6) is -1.18. The molecule has 4 rings (SSSR count). The van der Waals surface area contributed by atoms with Crippen LogP contribution < -0.4 is 18.9 Å². The molecular formula is C29H32N4O12. The van der Waals surface area contributed by atoms with Crippen molar-refractivity contribution in [2.45, 2.75) is 44.2 Å². The van der Waals surface area contributed by atoms with E-state index >= 15 is 0 Å². The Bertz CT molecular complexity index is 1390. The Morgan fingerprint density at radius 1 is 0.756 bits per heavy atom. The third kappa shape index (κ3) is 6.94. The number of carbonyl (C=O) groups is 4. The number of carbonyl (C=O) groups excluding carboxylic acids is 4. The number of benzene rings is 2. The largest absolute Gasteiger partial charge is 0.493 e. The van der Waals surface area contributed by atoms with Gasteiger partial charge >= 0.3 is 0 Å². The summed E-state index contributed by atoms with van der Waals surface area (Å²) in [5.41, 5.74) is -1.49. The number of amides is 2. The summed E-state index contributed by atoms with van der Waals surface area (Å²) in [4.78, 5) is 73.7. The van der Waals surface area contributed by atoms with E-state index in [1.807, 2.05) is 0 Å². The molecule has 0 radical (unpaired) electrons. The molecule has 2 aromatic carbocycles. The van der Waals surface area contributed by atoms with Crippen molar-refractivity contribution in [3.63, 3.8) is 0 Å². The molecule has 0 spiro atoms. The molecule has 2 amide bonds. The van der Waals surface area contributed by atoms with E-state index in [2.05, 4.69) is 0 Å². The second-order valence-electron chi connectivity index (χ2n) is 10.3. The van der Waals surface area contributed by atoms with E-state index in [1.165, 1.54) is 36.2 Å². The van der Waals surface area contributed by atoms with Gasteiger partial charge in [-0.3, -0.25) is 29.8 Å². The van der Waals surface area contributed by atoms with Gasteiger partial charge < -0.3 is 38.3 Å². The Morgan fingerprint density at radius 3 is 1.49 bits per heavy atom. The van der Waals surface area contributed by atoms with Gasteiger partial charge in [0.05, 0.1) is 61.5 Å². The lowest BCUT2D eigenvalue weighted by atomic mass is 10.1. The Kier molecular flexibility index (Phi) is 10.5. The number of likely N-dealkylation sites (tertiary alicyclic amines) is 2. The van der Waals surface area contributed by atoms with Crippen molar-refractivity contribution in [2.24, 2.45) is 0 Å². The summed E-state index contributed by atoms with van der Waals surface area (Å²) in [7, 11) is 2.62. The topological polar surface area (TPSA) is 198 Å². The van der Waals surface area contributed by atoms with E-state index in [9.17, 15) is 39.4 Å². The smallest absolute Gasteiger partial charge is 0.286 e. The normalized spacial score (nSPS) is 17.5. The maximum Gasteiger partial charge on any atom is 0.286 e. The predicted octanol–water partition coefficient (Wildman–Crippen LogP) is 2.98. The zero-order valence-electron chi connectivity index (χ0n) is 24.7. The van der Waals surface area contributed by atoms with Gasteiger partial charge in [-0.25, -0.2) is 0 Å². The summed E-state index contributed by atoms with van der Waals surface area (Å²) < 4.78 is 22.0. The molecule has 2 aliphatic heterocycles. The van der Waals surface area contributed by atoms with Crippen molar-refractivity contribution in [2.75, 3.05) is 40.5 Å². The van der Waals surface area contributed by atoms with Gasteiger partial charge in [-0.15, -0.1) is 0 Å². The van der Waals surface area contributed by atoms with Crippen LogP contribution in [0, 0.1) is 20.2 Å². The number of ether oxygens (including phenoxy) is 4. The Morgan fingerprint density at radius 2 is 1.16 bits per heavy atom. The van der Waals surface area contributed by atoms with Crippen LogP contribution in [0.5, 0.6) is 23.0 Å². The third-order valence-electron chi connectivity index (χ3n) is 7.66. The van der Waals surface area contributed by atoms with Crippen LogP contribution in [0.15, 0.2) is 24.3 Å². The number of nitro benzene ring substituents is 2. The van der Waals surface area contributed by atoms with Crippen LogP contribution in [0.4, 0.5) is 11.4 Å². The molecule has 2 fully saturated rings. The first-order valence-corrected chi connectivity index (χ1v) is 14.2. The monoisotopic (exact) mass is 628 g/mol. The predicted molar refractivity (Wildman–Crippen MR) is 155 cm³/mol. The molecular weight excluding hydrogens is 596 g/mol. The van der Waals surface area contributed by atoms with Gasteiger partial charge in [-0.1, -0.05) is 0 Å². The fourth-order valence-corrected chi connectivity index (χ4v) is 5.39. The third-order valence-corrected chi connectivity index (χ3v) is 7.66. The van der Waals surface area contributed by atoms with Crippen molar-refractivity contribution < 1.29 is 48.0 Å². The molecule has 2 aliphatic rings. The fourth-order valence-electron chi connectivity index (χ4n) is 5.39. The highest BCUT2D eigenvalue weighted by atomic mass is 16.6. The first-order chi connectivity index (χ1) is 21.6. The van der Waals surface area contributed by atoms with E-state index in [4.69, 9.17) is 18.9 Å². The van der Waals surface area contributed by atoms with Crippen LogP contribution in [0.3, 0.4) is 0 Å². The Balaban J connectivity index is 1.45.